The standard InChI is InChI=1S/C7H5F4NO3S/c8-3-2(1-13)4(9)6(11)7(5(3)10)16(12,14)15/h13H,1H2,(H2,12,14,15). The van der Waals surface area contributed by atoms with Crippen molar-refractivity contribution in [2.45, 2.75) is 11.5 Å². The molecule has 0 aromatic heterocycles. The zero-order valence-corrected chi connectivity index (χ0v) is 8.28. The summed E-state index contributed by atoms with van der Waals surface area (Å²) in [7, 11) is -4.95. The van der Waals surface area contributed by atoms with Crippen molar-refractivity contribution in [2.24, 2.45) is 5.14 Å². The zero-order chi connectivity index (χ0) is 12.7. The molecule has 0 heterocycles. The summed E-state index contributed by atoms with van der Waals surface area (Å²) in [5.74, 6) is -8.31. The molecule has 1 aromatic carbocycles. The van der Waals surface area contributed by atoms with Crippen LogP contribution in [0.3, 0.4) is 0 Å². The van der Waals surface area contributed by atoms with Crippen molar-refractivity contribution < 1.29 is 31.1 Å². The Hall–Kier alpha value is -1.19. The molecule has 0 bridgehead atoms. The second kappa shape index (κ2) is 4.00. The summed E-state index contributed by atoms with van der Waals surface area (Å²) >= 11 is 0. The molecule has 0 unspecified atom stereocenters. The average molecular weight is 259 g/mol. The Morgan fingerprint density at radius 2 is 1.38 bits per heavy atom. The van der Waals surface area contributed by atoms with E-state index in [1.165, 1.54) is 0 Å². The molecular formula is C7H5F4NO3S. The SMILES string of the molecule is NS(=O)(=O)c1c(F)c(F)c(CO)c(F)c1F. The lowest BCUT2D eigenvalue weighted by molar-refractivity contribution is 0.260. The highest BCUT2D eigenvalue weighted by Crippen LogP contribution is 2.26. The normalized spacial score (nSPS) is 11.9. The fraction of sp³-hybridized carbons (Fsp3) is 0.143. The molecule has 1 rings (SSSR count). The van der Waals surface area contributed by atoms with Crippen LogP contribution < -0.4 is 5.14 Å². The van der Waals surface area contributed by atoms with Crippen LogP contribution in [0, 0.1) is 23.3 Å². The van der Waals surface area contributed by atoms with Crippen LogP contribution in [0.1, 0.15) is 5.56 Å². The molecule has 0 aliphatic carbocycles. The first-order chi connectivity index (χ1) is 7.21. The number of hydrogen-bond donors (Lipinski definition) is 2. The highest BCUT2D eigenvalue weighted by atomic mass is 32.2. The fourth-order valence-corrected chi connectivity index (χ4v) is 1.72. The van der Waals surface area contributed by atoms with Crippen LogP contribution in [0.5, 0.6) is 0 Å². The molecule has 0 aliphatic heterocycles. The van der Waals surface area contributed by atoms with Crippen LogP contribution in [-0.4, -0.2) is 13.5 Å². The molecule has 4 nitrogen and oxygen atoms in total. The molecule has 0 saturated carbocycles. The molecule has 3 N–H and O–H groups in total. The predicted molar refractivity (Wildman–Crippen MR) is 43.6 cm³/mol. The van der Waals surface area contributed by atoms with Crippen molar-refractivity contribution >= 4 is 10.0 Å². The summed E-state index contributed by atoms with van der Waals surface area (Å²) in [6.45, 7) is -1.32. The van der Waals surface area contributed by atoms with E-state index in [0.717, 1.165) is 0 Å². The smallest absolute Gasteiger partial charge is 0.244 e. The average Bonchev–Trinajstić information content (AvgIpc) is 2.14. The Bertz CT molecular complexity index is 514. The highest BCUT2D eigenvalue weighted by Gasteiger charge is 2.30. The lowest BCUT2D eigenvalue weighted by Crippen LogP contribution is -2.19. The molecule has 0 saturated heterocycles. The number of hydrogen-bond acceptors (Lipinski definition) is 3. The summed E-state index contributed by atoms with van der Waals surface area (Å²) in [6.07, 6.45) is 0. The van der Waals surface area contributed by atoms with Gasteiger partial charge in [-0.2, -0.15) is 0 Å². The maximum atomic E-state index is 13.0. The fourth-order valence-electron chi connectivity index (χ4n) is 1.05. The summed E-state index contributed by atoms with van der Waals surface area (Å²) in [5, 5.41) is 12.8. The van der Waals surface area contributed by atoms with Crippen LogP contribution >= 0.6 is 0 Å². The largest absolute Gasteiger partial charge is 0.391 e. The van der Waals surface area contributed by atoms with Crippen molar-refractivity contribution in [1.29, 1.82) is 0 Å². The van der Waals surface area contributed by atoms with Gasteiger partial charge in [0, 0.05) is 0 Å². The molecule has 0 aliphatic rings. The van der Waals surface area contributed by atoms with E-state index in [2.05, 4.69) is 5.14 Å². The van der Waals surface area contributed by atoms with E-state index >= 15 is 0 Å². The number of halogens is 4. The molecule has 1 aromatic rings. The van der Waals surface area contributed by atoms with Crippen molar-refractivity contribution in [3.05, 3.63) is 28.8 Å². The van der Waals surface area contributed by atoms with E-state index in [1.807, 2.05) is 0 Å². The Morgan fingerprint density at radius 1 is 1.00 bits per heavy atom. The highest BCUT2D eigenvalue weighted by molar-refractivity contribution is 7.89. The minimum absolute atomic E-state index is 1.30. The third-order valence-electron chi connectivity index (χ3n) is 1.76. The van der Waals surface area contributed by atoms with E-state index < -0.39 is 50.4 Å². The van der Waals surface area contributed by atoms with Gasteiger partial charge < -0.3 is 5.11 Å². The number of sulfonamides is 1. The third-order valence-corrected chi connectivity index (χ3v) is 2.68. The number of aliphatic hydroxyl groups is 1. The Morgan fingerprint density at radius 3 is 1.62 bits per heavy atom. The van der Waals surface area contributed by atoms with Gasteiger partial charge in [-0.3, -0.25) is 0 Å². The topological polar surface area (TPSA) is 80.4 Å². The second-order valence-electron chi connectivity index (χ2n) is 2.77. The van der Waals surface area contributed by atoms with Gasteiger partial charge in [0.2, 0.25) is 10.0 Å². The molecule has 0 amide bonds. The van der Waals surface area contributed by atoms with E-state index in [4.69, 9.17) is 5.11 Å². The first-order valence-electron chi connectivity index (χ1n) is 3.70. The second-order valence-corrected chi connectivity index (χ2v) is 4.26. The van der Waals surface area contributed by atoms with Gasteiger partial charge in [-0.1, -0.05) is 0 Å². The van der Waals surface area contributed by atoms with E-state index in [9.17, 15) is 26.0 Å². The summed E-state index contributed by atoms with van der Waals surface area (Å²) in [4.78, 5) is -1.90. The Labute approximate surface area is 87.4 Å². The van der Waals surface area contributed by atoms with Crippen LogP contribution in [0.2, 0.25) is 0 Å². The van der Waals surface area contributed by atoms with Gasteiger partial charge in [-0.05, 0) is 0 Å². The maximum absolute atomic E-state index is 13.0. The predicted octanol–water partition coefficient (Wildman–Crippen LogP) is 0.383. The maximum Gasteiger partial charge on any atom is 0.244 e. The van der Waals surface area contributed by atoms with Gasteiger partial charge in [0.25, 0.3) is 0 Å². The molecule has 9 heteroatoms. The van der Waals surface area contributed by atoms with Crippen LogP contribution in [0.15, 0.2) is 4.90 Å². The van der Waals surface area contributed by atoms with Crippen LogP contribution in [0.25, 0.3) is 0 Å². The molecule has 0 spiro atoms. The zero-order valence-electron chi connectivity index (χ0n) is 7.47. The van der Waals surface area contributed by atoms with E-state index in [0.29, 0.717) is 0 Å². The van der Waals surface area contributed by atoms with E-state index in [1.54, 1.807) is 0 Å². The van der Waals surface area contributed by atoms with Crippen molar-refractivity contribution in [1.82, 2.24) is 0 Å². The monoisotopic (exact) mass is 259 g/mol. The minimum atomic E-state index is -4.95. The number of rotatable bonds is 2. The van der Waals surface area contributed by atoms with Gasteiger partial charge in [0.05, 0.1) is 12.2 Å². The Balaban J connectivity index is 3.82. The minimum Gasteiger partial charge on any atom is -0.391 e. The third kappa shape index (κ3) is 1.88. The first-order valence-corrected chi connectivity index (χ1v) is 5.25. The van der Waals surface area contributed by atoms with Crippen molar-refractivity contribution in [3.63, 3.8) is 0 Å². The number of nitrogens with two attached hydrogens (primary N) is 1. The first kappa shape index (κ1) is 12.9. The van der Waals surface area contributed by atoms with Gasteiger partial charge >= 0.3 is 0 Å². The molecule has 0 atom stereocenters. The van der Waals surface area contributed by atoms with Gasteiger partial charge in [0.1, 0.15) is 0 Å². The molecule has 16 heavy (non-hydrogen) atoms. The number of benzene rings is 1. The Kier molecular flexibility index (Phi) is 3.22. The lowest BCUT2D eigenvalue weighted by atomic mass is 10.2. The van der Waals surface area contributed by atoms with Crippen molar-refractivity contribution in [3.8, 4) is 0 Å². The van der Waals surface area contributed by atoms with Crippen molar-refractivity contribution in [2.75, 3.05) is 0 Å². The number of primary sulfonamides is 1. The molecule has 90 valence electrons. The lowest BCUT2D eigenvalue weighted by Gasteiger charge is -2.08. The molecule has 0 radical (unpaired) electrons. The molecule has 0 fully saturated rings. The summed E-state index contributed by atoms with van der Waals surface area (Å²) in [6, 6.07) is 0. The number of aliphatic hydroxyl groups excluding tert-OH is 1. The van der Waals surface area contributed by atoms with Crippen LogP contribution in [-0.2, 0) is 16.6 Å². The van der Waals surface area contributed by atoms with E-state index in [-0.39, 0.29) is 0 Å². The quantitative estimate of drug-likeness (QED) is 0.595. The van der Waals surface area contributed by atoms with Crippen LogP contribution in [0.4, 0.5) is 17.6 Å². The summed E-state index contributed by atoms with van der Waals surface area (Å²) < 4.78 is 73.4. The summed E-state index contributed by atoms with van der Waals surface area (Å²) in [5.41, 5.74) is -1.30. The van der Waals surface area contributed by atoms with Gasteiger partial charge in [-0.25, -0.2) is 31.1 Å². The van der Waals surface area contributed by atoms with Gasteiger partial charge in [-0.15, -0.1) is 0 Å². The molecular weight excluding hydrogens is 254 g/mol. The van der Waals surface area contributed by atoms with Gasteiger partial charge in [0.15, 0.2) is 28.2 Å².